The molecule has 3 heteroatoms. The van der Waals surface area contributed by atoms with Crippen molar-refractivity contribution in [3.63, 3.8) is 0 Å². The summed E-state index contributed by atoms with van der Waals surface area (Å²) in [4.78, 5) is 17.1. The average Bonchev–Trinajstić information content (AvgIpc) is 3.57. The van der Waals surface area contributed by atoms with Crippen LogP contribution >= 0.6 is 0 Å². The number of fused-ring (bicyclic) bond motifs is 4. The second-order valence-electron chi connectivity index (χ2n) is 10.6. The minimum atomic E-state index is -0.719. The number of aryl methyl sites for hydroxylation is 1. The van der Waals surface area contributed by atoms with Crippen molar-refractivity contribution in [3.8, 4) is 0 Å². The van der Waals surface area contributed by atoms with Gasteiger partial charge in [0.1, 0.15) is 5.41 Å². The van der Waals surface area contributed by atoms with Crippen molar-refractivity contribution in [2.24, 2.45) is 0 Å². The van der Waals surface area contributed by atoms with Crippen LogP contribution in [0.2, 0.25) is 0 Å². The molecule has 4 aromatic rings. The van der Waals surface area contributed by atoms with E-state index in [1.165, 1.54) is 27.8 Å². The Morgan fingerprint density at radius 3 is 2.24 bits per heavy atom. The predicted molar refractivity (Wildman–Crippen MR) is 149 cm³/mol. The maximum Gasteiger partial charge on any atom is 0.237 e. The number of carbonyl (C=O) groups excluding carboxylic acids is 1. The molecule has 0 saturated carbocycles. The quantitative estimate of drug-likeness (QED) is 0.345. The van der Waals surface area contributed by atoms with Crippen molar-refractivity contribution < 1.29 is 4.79 Å². The highest BCUT2D eigenvalue weighted by Gasteiger charge is 2.69. The standard InChI is InChI=1S/C34H30N2O/c1-23-16-18-25(19-17-23)30-31(26-12-6-3-7-13-26)36-21-20-27(22-24-10-4-2-5-11-24)32(36)34(30)28-14-8-9-15-29(28)35-33(34)37/h2-19,22,30-32H,20-21H2,1H3,(H,35,37)/b27-22+/t30-,31-,32?,34+/m0/s1. The molecule has 0 aromatic heterocycles. The zero-order chi connectivity index (χ0) is 25.0. The fourth-order valence-electron chi connectivity index (χ4n) is 7.25. The first kappa shape index (κ1) is 22.3. The molecule has 0 bridgehead atoms. The van der Waals surface area contributed by atoms with Gasteiger partial charge in [-0.25, -0.2) is 0 Å². The van der Waals surface area contributed by atoms with Crippen LogP contribution in [0.25, 0.3) is 6.08 Å². The number of benzene rings is 4. The van der Waals surface area contributed by atoms with Crippen LogP contribution < -0.4 is 5.32 Å². The maximum absolute atomic E-state index is 14.5. The second-order valence-corrected chi connectivity index (χ2v) is 10.6. The van der Waals surface area contributed by atoms with Crippen LogP contribution in [0.4, 0.5) is 5.69 Å². The van der Waals surface area contributed by atoms with Crippen LogP contribution in [-0.4, -0.2) is 23.4 Å². The van der Waals surface area contributed by atoms with Crippen LogP contribution in [0.15, 0.2) is 115 Å². The number of nitrogens with one attached hydrogen (secondary N) is 1. The summed E-state index contributed by atoms with van der Waals surface area (Å²) in [6.45, 7) is 3.06. The summed E-state index contributed by atoms with van der Waals surface area (Å²) in [5, 5.41) is 3.32. The monoisotopic (exact) mass is 482 g/mol. The Balaban J connectivity index is 1.53. The van der Waals surface area contributed by atoms with Gasteiger partial charge >= 0.3 is 0 Å². The lowest BCUT2D eigenvalue weighted by atomic mass is 9.62. The zero-order valence-electron chi connectivity index (χ0n) is 21.0. The highest BCUT2D eigenvalue weighted by molar-refractivity contribution is 6.09. The molecule has 2 saturated heterocycles. The minimum absolute atomic E-state index is 0.0205. The number of amides is 1. The van der Waals surface area contributed by atoms with E-state index >= 15 is 0 Å². The summed E-state index contributed by atoms with van der Waals surface area (Å²) in [7, 11) is 0. The van der Waals surface area contributed by atoms with Crippen molar-refractivity contribution in [2.75, 3.05) is 11.9 Å². The van der Waals surface area contributed by atoms with E-state index in [-0.39, 0.29) is 23.9 Å². The number of hydrogen-bond acceptors (Lipinski definition) is 2. The Bertz CT molecular complexity index is 1490. The summed E-state index contributed by atoms with van der Waals surface area (Å²) >= 11 is 0. The summed E-state index contributed by atoms with van der Waals surface area (Å²) in [5.74, 6) is 0.0946. The minimum Gasteiger partial charge on any atom is -0.325 e. The summed E-state index contributed by atoms with van der Waals surface area (Å²) < 4.78 is 0. The second kappa shape index (κ2) is 8.57. The Morgan fingerprint density at radius 2 is 1.49 bits per heavy atom. The van der Waals surface area contributed by atoms with E-state index in [0.29, 0.717) is 0 Å². The van der Waals surface area contributed by atoms with Gasteiger partial charge in [-0.2, -0.15) is 0 Å². The van der Waals surface area contributed by atoms with Crippen LogP contribution in [-0.2, 0) is 10.2 Å². The summed E-state index contributed by atoms with van der Waals surface area (Å²) in [6.07, 6.45) is 3.29. The third-order valence-electron chi connectivity index (χ3n) is 8.66. The number of rotatable bonds is 3. The van der Waals surface area contributed by atoms with Gasteiger partial charge in [-0.15, -0.1) is 0 Å². The van der Waals surface area contributed by atoms with Gasteiger partial charge in [-0.3, -0.25) is 9.69 Å². The van der Waals surface area contributed by atoms with Crippen molar-refractivity contribution in [1.82, 2.24) is 4.90 Å². The van der Waals surface area contributed by atoms with Gasteiger partial charge in [0, 0.05) is 24.2 Å². The van der Waals surface area contributed by atoms with Crippen LogP contribution in [0, 0.1) is 6.92 Å². The normalized spacial score (nSPS) is 27.4. The van der Waals surface area contributed by atoms with Crippen molar-refractivity contribution in [2.45, 2.75) is 36.8 Å². The number of para-hydroxylation sites is 1. The third kappa shape index (κ3) is 3.27. The van der Waals surface area contributed by atoms with Gasteiger partial charge in [0.15, 0.2) is 0 Å². The lowest BCUT2D eigenvalue weighted by Crippen LogP contribution is -2.48. The van der Waals surface area contributed by atoms with Gasteiger partial charge in [-0.05, 0) is 47.2 Å². The summed E-state index contributed by atoms with van der Waals surface area (Å²) in [6, 6.07) is 38.6. The third-order valence-corrected chi connectivity index (χ3v) is 8.66. The first-order valence-electron chi connectivity index (χ1n) is 13.2. The molecular weight excluding hydrogens is 452 g/mol. The van der Waals surface area contributed by atoms with Gasteiger partial charge in [-0.1, -0.05) is 115 Å². The van der Waals surface area contributed by atoms with Crippen LogP contribution in [0.1, 0.15) is 46.2 Å². The van der Waals surface area contributed by atoms with Crippen LogP contribution in [0.5, 0.6) is 0 Å². The molecule has 3 aliphatic heterocycles. The van der Waals surface area contributed by atoms with E-state index in [4.69, 9.17) is 0 Å². The summed E-state index contributed by atoms with van der Waals surface area (Å²) in [5.41, 5.74) is 7.61. The largest absolute Gasteiger partial charge is 0.325 e. The molecule has 37 heavy (non-hydrogen) atoms. The molecule has 7 rings (SSSR count). The lowest BCUT2D eigenvalue weighted by molar-refractivity contribution is -0.121. The van der Waals surface area contributed by atoms with E-state index in [9.17, 15) is 4.79 Å². The van der Waals surface area contributed by atoms with E-state index in [1.807, 2.05) is 6.07 Å². The smallest absolute Gasteiger partial charge is 0.237 e. The number of hydrogen-bond donors (Lipinski definition) is 1. The van der Waals surface area contributed by atoms with Gasteiger partial charge in [0.05, 0.1) is 6.04 Å². The molecule has 1 N–H and O–H groups in total. The van der Waals surface area contributed by atoms with E-state index in [1.54, 1.807) is 0 Å². The SMILES string of the molecule is Cc1ccc([C@H]2[C@H](c3ccccc3)N3CC/C(=C\c4ccccc4)C3[C@]23C(=O)Nc2ccccc23)cc1. The molecule has 0 radical (unpaired) electrons. The molecule has 1 amide bonds. The molecule has 182 valence electrons. The molecule has 3 nitrogen and oxygen atoms in total. The Morgan fingerprint density at radius 1 is 0.811 bits per heavy atom. The predicted octanol–water partition coefficient (Wildman–Crippen LogP) is 6.88. The zero-order valence-corrected chi connectivity index (χ0v) is 21.0. The Hall–Kier alpha value is -3.95. The fourth-order valence-corrected chi connectivity index (χ4v) is 7.25. The molecule has 0 aliphatic carbocycles. The lowest BCUT2D eigenvalue weighted by Gasteiger charge is -2.36. The average molecular weight is 483 g/mol. The van der Waals surface area contributed by atoms with E-state index in [2.05, 4.69) is 126 Å². The molecule has 2 fully saturated rings. The van der Waals surface area contributed by atoms with Crippen molar-refractivity contribution >= 4 is 17.7 Å². The van der Waals surface area contributed by atoms with E-state index < -0.39 is 5.41 Å². The molecular formula is C34H30N2O. The first-order chi connectivity index (χ1) is 18.2. The Labute approximate surface area is 218 Å². The van der Waals surface area contributed by atoms with Crippen molar-refractivity contribution in [1.29, 1.82) is 0 Å². The maximum atomic E-state index is 14.5. The molecule has 4 atom stereocenters. The molecule has 3 aliphatic rings. The van der Waals surface area contributed by atoms with Gasteiger partial charge in [0.2, 0.25) is 5.91 Å². The number of carbonyl (C=O) groups is 1. The molecule has 4 aromatic carbocycles. The van der Waals surface area contributed by atoms with Gasteiger partial charge < -0.3 is 5.32 Å². The fraction of sp³-hybridized carbons (Fsp3) is 0.206. The molecule has 1 spiro atoms. The topological polar surface area (TPSA) is 32.3 Å². The number of anilines is 1. The van der Waals surface area contributed by atoms with Crippen LogP contribution in [0.3, 0.4) is 0 Å². The number of nitrogens with zero attached hydrogens (tertiary/aromatic N) is 1. The van der Waals surface area contributed by atoms with Crippen molar-refractivity contribution in [3.05, 3.63) is 143 Å². The molecule has 3 heterocycles. The highest BCUT2D eigenvalue weighted by Crippen LogP contribution is 2.65. The first-order valence-corrected chi connectivity index (χ1v) is 13.2. The highest BCUT2D eigenvalue weighted by atomic mass is 16.2. The van der Waals surface area contributed by atoms with E-state index in [0.717, 1.165) is 24.2 Å². The Kier molecular flexibility index (Phi) is 5.16. The van der Waals surface area contributed by atoms with Gasteiger partial charge in [0.25, 0.3) is 0 Å². The molecule has 1 unspecified atom stereocenters.